The van der Waals surface area contributed by atoms with Gasteiger partial charge in [0.2, 0.25) is 8.32 Å². The lowest BCUT2D eigenvalue weighted by atomic mass is 9.69. The molecule has 0 aromatic heterocycles. The van der Waals surface area contributed by atoms with Crippen molar-refractivity contribution >= 4 is 8.32 Å². The van der Waals surface area contributed by atoms with Gasteiger partial charge in [0.05, 0.1) is 0 Å². The van der Waals surface area contributed by atoms with Crippen molar-refractivity contribution in [1.82, 2.24) is 0 Å². The van der Waals surface area contributed by atoms with Gasteiger partial charge < -0.3 is 9.16 Å². The molecule has 2 aliphatic rings. The minimum absolute atomic E-state index is 0.0932. The first-order valence-corrected chi connectivity index (χ1v) is 15.1. The average Bonchev–Trinajstić information content (AvgIpc) is 3.06. The molecule has 0 N–H and O–H groups in total. The quantitative estimate of drug-likeness (QED) is 0.278. The van der Waals surface area contributed by atoms with Crippen LogP contribution in [0.3, 0.4) is 0 Å². The van der Waals surface area contributed by atoms with Crippen molar-refractivity contribution in [3.8, 4) is 16.9 Å². The molecular formula is C28H40O4Si. The summed E-state index contributed by atoms with van der Waals surface area (Å²) in [5.74, 6) is 0.347. The Morgan fingerprint density at radius 2 is 1.58 bits per heavy atom. The summed E-state index contributed by atoms with van der Waals surface area (Å²) >= 11 is 0. The molecule has 2 aromatic carbocycles. The second-order valence-corrected chi connectivity index (χ2v) is 16.5. The summed E-state index contributed by atoms with van der Waals surface area (Å²) in [6.07, 6.45) is 0.882. The molecule has 33 heavy (non-hydrogen) atoms. The number of ether oxygens (including phenoxy) is 1. The van der Waals surface area contributed by atoms with Crippen molar-refractivity contribution in [2.75, 3.05) is 7.11 Å². The van der Waals surface area contributed by atoms with Crippen molar-refractivity contribution < 1.29 is 18.9 Å². The van der Waals surface area contributed by atoms with Crippen molar-refractivity contribution in [1.29, 1.82) is 0 Å². The molecule has 0 spiro atoms. The van der Waals surface area contributed by atoms with Crippen LogP contribution in [0.2, 0.25) is 18.1 Å². The Morgan fingerprint density at radius 1 is 0.939 bits per heavy atom. The van der Waals surface area contributed by atoms with E-state index >= 15 is 0 Å². The first-order chi connectivity index (χ1) is 15.3. The zero-order chi connectivity index (χ0) is 24.4. The van der Waals surface area contributed by atoms with E-state index in [2.05, 4.69) is 98.0 Å². The number of fused-ring (bicyclic) bond motifs is 3. The molecule has 1 heterocycles. The molecule has 0 saturated carbocycles. The van der Waals surface area contributed by atoms with Crippen LogP contribution in [-0.2, 0) is 26.7 Å². The van der Waals surface area contributed by atoms with E-state index in [1.165, 1.54) is 22.3 Å². The summed E-state index contributed by atoms with van der Waals surface area (Å²) in [5.41, 5.74) is 5.44. The van der Waals surface area contributed by atoms with Crippen LogP contribution < -0.4 is 4.43 Å². The molecule has 1 aliphatic carbocycles. The average molecular weight is 469 g/mol. The molecule has 4 nitrogen and oxygen atoms in total. The molecule has 0 bridgehead atoms. The molecular weight excluding hydrogens is 428 g/mol. The Morgan fingerprint density at radius 3 is 2.09 bits per heavy atom. The van der Waals surface area contributed by atoms with Crippen LogP contribution in [0, 0.1) is 11.8 Å². The van der Waals surface area contributed by atoms with E-state index in [1.807, 2.05) is 0 Å². The first kappa shape index (κ1) is 24.5. The number of hydrogen-bond donors (Lipinski definition) is 0. The molecule has 1 unspecified atom stereocenters. The highest BCUT2D eigenvalue weighted by Crippen LogP contribution is 2.58. The fraction of sp³-hybridized carbons (Fsp3) is 0.571. The van der Waals surface area contributed by atoms with E-state index in [4.69, 9.17) is 18.9 Å². The van der Waals surface area contributed by atoms with Gasteiger partial charge >= 0.3 is 0 Å². The van der Waals surface area contributed by atoms with E-state index in [1.54, 1.807) is 7.11 Å². The number of rotatable bonds is 6. The standard InChI is InChI=1S/C28H40O4Si/c1-18(2)27(19(3)4)28(29-8,32-31-27)21-16-23-22-14-12-11-13-20(22)15-24(23)25(17-21)30-33(9,10)26(5,6)7/h11-14,16-19H,15H2,1-10H3. The van der Waals surface area contributed by atoms with Gasteiger partial charge in [0.1, 0.15) is 5.75 Å². The minimum atomic E-state index is -2.07. The molecule has 4 rings (SSSR count). The fourth-order valence-electron chi connectivity index (χ4n) is 5.32. The molecule has 5 heteroatoms. The topological polar surface area (TPSA) is 36.9 Å². The maximum Gasteiger partial charge on any atom is 0.260 e. The third-order valence-electron chi connectivity index (χ3n) is 8.25. The molecule has 2 aromatic rings. The fourth-order valence-corrected chi connectivity index (χ4v) is 6.36. The number of benzene rings is 2. The first-order valence-electron chi connectivity index (χ1n) is 12.2. The van der Waals surface area contributed by atoms with Gasteiger partial charge in [-0.25, -0.2) is 4.89 Å². The Labute approximate surface area is 200 Å². The van der Waals surface area contributed by atoms with Crippen LogP contribution in [0.5, 0.6) is 5.75 Å². The van der Waals surface area contributed by atoms with Gasteiger partial charge in [-0.3, -0.25) is 0 Å². The molecule has 1 atom stereocenters. The number of methoxy groups -OCH3 is 1. The minimum Gasteiger partial charge on any atom is -0.543 e. The lowest BCUT2D eigenvalue weighted by Gasteiger charge is -2.59. The molecule has 1 fully saturated rings. The second-order valence-electron chi connectivity index (χ2n) is 11.8. The SMILES string of the molecule is COC1(c2cc(O[Si](C)(C)C(C)(C)C)c3c(c2)-c2ccccc2C3)OOC1(C(C)C)C(C)C. The Hall–Kier alpha value is -1.66. The monoisotopic (exact) mass is 468 g/mol. The highest BCUT2D eigenvalue weighted by atomic mass is 28.4. The summed E-state index contributed by atoms with van der Waals surface area (Å²) in [6.45, 7) is 20.1. The lowest BCUT2D eigenvalue weighted by Crippen LogP contribution is -2.70. The molecule has 180 valence electrons. The van der Waals surface area contributed by atoms with Gasteiger partial charge in [-0.15, -0.1) is 0 Å². The normalized spacial score (nSPS) is 21.7. The smallest absolute Gasteiger partial charge is 0.260 e. The summed E-state index contributed by atoms with van der Waals surface area (Å²) in [4.78, 5) is 11.9. The van der Waals surface area contributed by atoms with Crippen molar-refractivity contribution in [2.24, 2.45) is 11.8 Å². The molecule has 0 amide bonds. The summed E-state index contributed by atoms with van der Waals surface area (Å²) in [7, 11) is -0.349. The second kappa shape index (κ2) is 7.94. The maximum absolute atomic E-state index is 6.97. The van der Waals surface area contributed by atoms with Crippen molar-refractivity contribution in [2.45, 2.75) is 84.4 Å². The van der Waals surface area contributed by atoms with E-state index in [-0.39, 0.29) is 16.9 Å². The van der Waals surface area contributed by atoms with Crippen LogP contribution in [0.1, 0.15) is 65.2 Å². The highest BCUT2D eigenvalue weighted by molar-refractivity contribution is 6.74. The lowest BCUT2D eigenvalue weighted by molar-refractivity contribution is -0.634. The predicted octanol–water partition coefficient (Wildman–Crippen LogP) is 7.45. The van der Waals surface area contributed by atoms with E-state index in [0.717, 1.165) is 17.7 Å². The Bertz CT molecular complexity index is 1040. The van der Waals surface area contributed by atoms with Gasteiger partial charge in [-0.2, -0.15) is 4.89 Å². The molecule has 0 radical (unpaired) electrons. The summed E-state index contributed by atoms with van der Waals surface area (Å²) in [6, 6.07) is 13.0. The van der Waals surface area contributed by atoms with Gasteiger partial charge in [0.25, 0.3) is 5.79 Å². The van der Waals surface area contributed by atoms with Gasteiger partial charge in [0, 0.05) is 24.7 Å². The zero-order valence-corrected chi connectivity index (χ0v) is 23.0. The van der Waals surface area contributed by atoms with Crippen LogP contribution in [0.15, 0.2) is 36.4 Å². The van der Waals surface area contributed by atoms with Crippen LogP contribution >= 0.6 is 0 Å². The van der Waals surface area contributed by atoms with Gasteiger partial charge in [0.15, 0.2) is 5.60 Å². The van der Waals surface area contributed by atoms with Gasteiger partial charge in [-0.1, -0.05) is 72.7 Å². The van der Waals surface area contributed by atoms with Crippen LogP contribution in [0.25, 0.3) is 11.1 Å². The van der Waals surface area contributed by atoms with Crippen molar-refractivity contribution in [3.05, 3.63) is 53.1 Å². The zero-order valence-electron chi connectivity index (χ0n) is 22.0. The van der Waals surface area contributed by atoms with Crippen LogP contribution in [-0.4, -0.2) is 21.0 Å². The summed E-state index contributed by atoms with van der Waals surface area (Å²) < 4.78 is 13.2. The predicted molar refractivity (Wildman–Crippen MR) is 136 cm³/mol. The third kappa shape index (κ3) is 3.42. The Kier molecular flexibility index (Phi) is 5.89. The third-order valence-corrected chi connectivity index (χ3v) is 12.6. The van der Waals surface area contributed by atoms with Crippen molar-refractivity contribution in [3.63, 3.8) is 0 Å². The molecule has 1 saturated heterocycles. The summed E-state index contributed by atoms with van der Waals surface area (Å²) in [5, 5.41) is 0.0932. The van der Waals surface area contributed by atoms with E-state index < -0.39 is 19.7 Å². The largest absolute Gasteiger partial charge is 0.543 e. The van der Waals surface area contributed by atoms with Gasteiger partial charge in [-0.05, 0) is 58.8 Å². The maximum atomic E-state index is 6.97. The van der Waals surface area contributed by atoms with E-state index in [0.29, 0.717) is 0 Å². The number of hydrogen-bond acceptors (Lipinski definition) is 4. The van der Waals surface area contributed by atoms with E-state index in [9.17, 15) is 0 Å². The van der Waals surface area contributed by atoms with Crippen LogP contribution in [0.4, 0.5) is 0 Å². The Balaban J connectivity index is 1.94. The highest BCUT2D eigenvalue weighted by Gasteiger charge is 2.69. The molecule has 1 aliphatic heterocycles.